The first-order valence-corrected chi connectivity index (χ1v) is 5.52. The van der Waals surface area contributed by atoms with Crippen molar-refractivity contribution in [3.05, 3.63) is 23.8 Å². The number of phenols is 1. The molecule has 1 aliphatic rings. The highest BCUT2D eigenvalue weighted by atomic mass is 16.3. The summed E-state index contributed by atoms with van der Waals surface area (Å²) in [7, 11) is 0. The maximum atomic E-state index is 11.8. The minimum atomic E-state index is -0.0497. The summed E-state index contributed by atoms with van der Waals surface area (Å²) in [4.78, 5) is 13.6. The number of phenolic OH excluding ortho intramolecular Hbond substituents is 1. The van der Waals surface area contributed by atoms with Gasteiger partial charge in [-0.2, -0.15) is 0 Å². The van der Waals surface area contributed by atoms with E-state index in [0.29, 0.717) is 0 Å². The van der Waals surface area contributed by atoms with Crippen LogP contribution in [0.2, 0.25) is 0 Å². The van der Waals surface area contributed by atoms with Crippen LogP contribution in [0.5, 0.6) is 5.75 Å². The van der Waals surface area contributed by atoms with E-state index in [0.717, 1.165) is 37.2 Å². The normalized spacial score (nSPS) is 15.2. The van der Waals surface area contributed by atoms with Crippen molar-refractivity contribution >= 4 is 11.7 Å². The molecule has 1 fully saturated rings. The summed E-state index contributed by atoms with van der Waals surface area (Å²) in [6.07, 6.45) is 2.17. The Kier molecular flexibility index (Phi) is 2.99. The third-order valence-corrected chi connectivity index (χ3v) is 2.84. The molecule has 16 heavy (non-hydrogen) atoms. The van der Waals surface area contributed by atoms with Crippen molar-refractivity contribution in [2.24, 2.45) is 0 Å². The van der Waals surface area contributed by atoms with Crippen molar-refractivity contribution in [3.8, 4) is 5.75 Å². The third kappa shape index (κ3) is 2.27. The van der Waals surface area contributed by atoms with E-state index in [2.05, 4.69) is 5.32 Å². The number of amides is 2. The maximum absolute atomic E-state index is 11.8. The Bertz CT molecular complexity index is 398. The predicted molar refractivity (Wildman–Crippen MR) is 62.7 cm³/mol. The van der Waals surface area contributed by atoms with Gasteiger partial charge in [0.1, 0.15) is 5.75 Å². The molecule has 4 nitrogen and oxygen atoms in total. The second-order valence-electron chi connectivity index (χ2n) is 4.12. The Labute approximate surface area is 94.9 Å². The molecule has 0 aromatic heterocycles. The lowest BCUT2D eigenvalue weighted by molar-refractivity contribution is 0.222. The molecule has 86 valence electrons. The minimum absolute atomic E-state index is 0.0497. The van der Waals surface area contributed by atoms with Crippen molar-refractivity contribution in [2.75, 3.05) is 18.4 Å². The summed E-state index contributed by atoms with van der Waals surface area (Å²) in [5.41, 5.74) is 1.63. The summed E-state index contributed by atoms with van der Waals surface area (Å²) in [5, 5.41) is 12.1. The van der Waals surface area contributed by atoms with Crippen LogP contribution in [-0.4, -0.2) is 29.1 Å². The van der Waals surface area contributed by atoms with Crippen LogP contribution in [0.4, 0.5) is 10.5 Å². The van der Waals surface area contributed by atoms with Crippen LogP contribution >= 0.6 is 0 Å². The van der Waals surface area contributed by atoms with Gasteiger partial charge in [-0.3, -0.25) is 0 Å². The molecular weight excluding hydrogens is 204 g/mol. The number of carbonyl (C=O) groups excluding carboxylic acids is 1. The molecule has 4 heteroatoms. The lowest BCUT2D eigenvalue weighted by Gasteiger charge is -2.17. The summed E-state index contributed by atoms with van der Waals surface area (Å²) in [6, 6.07) is 4.89. The van der Waals surface area contributed by atoms with Crippen LogP contribution in [0.25, 0.3) is 0 Å². The van der Waals surface area contributed by atoms with Crippen molar-refractivity contribution < 1.29 is 9.90 Å². The quantitative estimate of drug-likeness (QED) is 0.714. The predicted octanol–water partition coefficient (Wildman–Crippen LogP) is 2.33. The topological polar surface area (TPSA) is 52.6 Å². The van der Waals surface area contributed by atoms with Crippen LogP contribution in [0.15, 0.2) is 18.2 Å². The molecule has 2 rings (SSSR count). The van der Waals surface area contributed by atoms with Crippen molar-refractivity contribution in [1.82, 2.24) is 4.90 Å². The number of aryl methyl sites for hydroxylation is 1. The molecule has 2 amide bonds. The number of urea groups is 1. The van der Waals surface area contributed by atoms with E-state index >= 15 is 0 Å². The molecule has 1 heterocycles. The van der Waals surface area contributed by atoms with Gasteiger partial charge < -0.3 is 15.3 Å². The van der Waals surface area contributed by atoms with E-state index in [9.17, 15) is 9.90 Å². The van der Waals surface area contributed by atoms with Crippen molar-refractivity contribution in [3.63, 3.8) is 0 Å². The number of rotatable bonds is 1. The van der Waals surface area contributed by atoms with Crippen molar-refractivity contribution in [1.29, 1.82) is 0 Å². The molecule has 0 bridgehead atoms. The van der Waals surface area contributed by atoms with Gasteiger partial charge in [-0.25, -0.2) is 4.79 Å². The lowest BCUT2D eigenvalue weighted by atomic mass is 10.2. The van der Waals surface area contributed by atoms with Gasteiger partial charge >= 0.3 is 6.03 Å². The first kappa shape index (κ1) is 10.8. The van der Waals surface area contributed by atoms with Gasteiger partial charge in [0.15, 0.2) is 0 Å². The van der Waals surface area contributed by atoms with Crippen LogP contribution in [0.1, 0.15) is 18.4 Å². The average Bonchev–Trinajstić information content (AvgIpc) is 2.75. The number of carbonyl (C=O) groups is 1. The highest BCUT2D eigenvalue weighted by Crippen LogP contribution is 2.21. The molecule has 1 aromatic carbocycles. The number of hydrogen-bond donors (Lipinski definition) is 2. The monoisotopic (exact) mass is 220 g/mol. The largest absolute Gasteiger partial charge is 0.508 e. The van der Waals surface area contributed by atoms with Crippen LogP contribution in [-0.2, 0) is 0 Å². The Morgan fingerprint density at radius 2 is 2.06 bits per heavy atom. The lowest BCUT2D eigenvalue weighted by Crippen LogP contribution is -2.32. The molecule has 1 aliphatic heterocycles. The number of nitrogens with one attached hydrogen (secondary N) is 1. The molecule has 0 unspecified atom stereocenters. The molecule has 1 saturated heterocycles. The maximum Gasteiger partial charge on any atom is 0.321 e. The van der Waals surface area contributed by atoms with Crippen LogP contribution in [0, 0.1) is 6.92 Å². The zero-order valence-electron chi connectivity index (χ0n) is 9.36. The van der Waals surface area contributed by atoms with E-state index in [1.165, 1.54) is 0 Å². The first-order valence-electron chi connectivity index (χ1n) is 5.52. The van der Waals surface area contributed by atoms with Gasteiger partial charge in [-0.05, 0) is 43.5 Å². The number of aromatic hydroxyl groups is 1. The number of likely N-dealkylation sites (tertiary alicyclic amines) is 1. The Morgan fingerprint density at radius 3 is 2.69 bits per heavy atom. The Balaban J connectivity index is 2.05. The minimum Gasteiger partial charge on any atom is -0.508 e. The summed E-state index contributed by atoms with van der Waals surface area (Å²) in [5.74, 6) is 0.219. The molecule has 2 N–H and O–H groups in total. The third-order valence-electron chi connectivity index (χ3n) is 2.84. The highest BCUT2D eigenvalue weighted by molar-refractivity contribution is 5.90. The Hall–Kier alpha value is -1.71. The Morgan fingerprint density at radius 1 is 1.38 bits per heavy atom. The number of benzene rings is 1. The molecule has 1 aromatic rings. The van der Waals surface area contributed by atoms with Crippen molar-refractivity contribution in [2.45, 2.75) is 19.8 Å². The van der Waals surface area contributed by atoms with E-state index < -0.39 is 0 Å². The fraction of sp³-hybridized carbons (Fsp3) is 0.417. The molecule has 0 saturated carbocycles. The number of anilines is 1. The summed E-state index contributed by atoms with van der Waals surface area (Å²) < 4.78 is 0. The second-order valence-corrected chi connectivity index (χ2v) is 4.12. The molecular formula is C12H16N2O2. The first-order chi connectivity index (χ1) is 7.66. The molecule has 0 spiro atoms. The van der Waals surface area contributed by atoms with E-state index in [-0.39, 0.29) is 11.8 Å². The standard InChI is InChI=1S/C12H16N2O2/c1-9-8-10(15)4-5-11(9)13-12(16)14-6-2-3-7-14/h4-5,8,15H,2-3,6-7H2,1H3,(H,13,16). The van der Waals surface area contributed by atoms with Gasteiger partial charge in [-0.1, -0.05) is 0 Å². The smallest absolute Gasteiger partial charge is 0.321 e. The SMILES string of the molecule is Cc1cc(O)ccc1NC(=O)N1CCCC1. The van der Waals surface area contributed by atoms with Gasteiger partial charge in [-0.15, -0.1) is 0 Å². The molecule has 0 atom stereocenters. The van der Waals surface area contributed by atoms with Gasteiger partial charge in [0.05, 0.1) is 0 Å². The van der Waals surface area contributed by atoms with E-state index in [4.69, 9.17) is 0 Å². The van der Waals surface area contributed by atoms with Gasteiger partial charge in [0.2, 0.25) is 0 Å². The molecule has 0 aliphatic carbocycles. The molecule has 0 radical (unpaired) electrons. The average molecular weight is 220 g/mol. The fourth-order valence-electron chi connectivity index (χ4n) is 1.90. The summed E-state index contributed by atoms with van der Waals surface area (Å²) in [6.45, 7) is 3.53. The highest BCUT2D eigenvalue weighted by Gasteiger charge is 2.18. The number of hydrogen-bond acceptors (Lipinski definition) is 2. The second kappa shape index (κ2) is 4.43. The van der Waals surface area contributed by atoms with E-state index in [1.807, 2.05) is 11.8 Å². The zero-order chi connectivity index (χ0) is 11.5. The van der Waals surface area contributed by atoms with Gasteiger partial charge in [0, 0.05) is 18.8 Å². The fourth-order valence-corrected chi connectivity index (χ4v) is 1.90. The summed E-state index contributed by atoms with van der Waals surface area (Å²) >= 11 is 0. The zero-order valence-corrected chi connectivity index (χ0v) is 9.36. The van der Waals surface area contributed by atoms with Crippen LogP contribution in [0.3, 0.4) is 0 Å². The van der Waals surface area contributed by atoms with E-state index in [1.54, 1.807) is 18.2 Å². The number of nitrogens with zero attached hydrogens (tertiary/aromatic N) is 1. The van der Waals surface area contributed by atoms with Crippen LogP contribution < -0.4 is 5.32 Å². The van der Waals surface area contributed by atoms with Gasteiger partial charge in [0.25, 0.3) is 0 Å².